The van der Waals surface area contributed by atoms with E-state index in [2.05, 4.69) is 4.74 Å². The van der Waals surface area contributed by atoms with Crippen LogP contribution in [0, 0.1) is 17.5 Å². The molecule has 204 valence electrons. The zero-order valence-corrected chi connectivity index (χ0v) is 20.7. The highest BCUT2D eigenvalue weighted by Crippen LogP contribution is 2.41. The van der Waals surface area contributed by atoms with Crippen LogP contribution >= 0.6 is 0 Å². The van der Waals surface area contributed by atoms with Gasteiger partial charge >= 0.3 is 6.16 Å². The molecule has 5 rings (SSSR count). The van der Waals surface area contributed by atoms with Gasteiger partial charge in [0.2, 0.25) is 18.0 Å². The minimum absolute atomic E-state index is 0.0405. The molecular formula is C26H22F3N3O7. The van der Waals surface area contributed by atoms with Crippen molar-refractivity contribution in [3.63, 3.8) is 0 Å². The van der Waals surface area contributed by atoms with Crippen molar-refractivity contribution < 1.29 is 41.7 Å². The van der Waals surface area contributed by atoms with Crippen molar-refractivity contribution in [1.82, 2.24) is 9.58 Å². The number of hydrogen-bond donors (Lipinski definition) is 0. The second-order valence-electron chi connectivity index (χ2n) is 8.73. The first-order chi connectivity index (χ1) is 18.7. The Kier molecular flexibility index (Phi) is 6.81. The Morgan fingerprint density at radius 3 is 2.51 bits per heavy atom. The molecule has 0 fully saturated rings. The van der Waals surface area contributed by atoms with Gasteiger partial charge in [0, 0.05) is 37.4 Å². The van der Waals surface area contributed by atoms with Crippen LogP contribution in [0.15, 0.2) is 53.5 Å². The molecule has 0 spiro atoms. The van der Waals surface area contributed by atoms with Crippen molar-refractivity contribution in [2.45, 2.75) is 18.6 Å². The summed E-state index contributed by atoms with van der Waals surface area (Å²) >= 11 is 0. The number of carbonyl (C=O) groups excluding carboxylic acids is 2. The predicted octanol–water partition coefficient (Wildman–Crippen LogP) is 3.31. The lowest BCUT2D eigenvalue weighted by Crippen LogP contribution is -2.62. The maximum Gasteiger partial charge on any atom is 0.510 e. The summed E-state index contributed by atoms with van der Waals surface area (Å²) in [5, 5.41) is 1.68. The van der Waals surface area contributed by atoms with Crippen LogP contribution in [0.1, 0.15) is 34.1 Å². The number of fused-ring (bicyclic) bond motifs is 4. The predicted molar refractivity (Wildman–Crippen MR) is 128 cm³/mol. The molecule has 0 bridgehead atoms. The molecule has 2 aromatic carbocycles. The molecule has 0 radical (unpaired) electrons. The third-order valence-electron chi connectivity index (χ3n) is 6.54. The maximum absolute atomic E-state index is 14.6. The van der Waals surface area contributed by atoms with Crippen molar-refractivity contribution in [2.75, 3.05) is 32.6 Å². The van der Waals surface area contributed by atoms with E-state index in [0.29, 0.717) is 5.56 Å². The summed E-state index contributed by atoms with van der Waals surface area (Å²) in [6, 6.07) is 7.51. The van der Waals surface area contributed by atoms with Crippen molar-refractivity contribution in [2.24, 2.45) is 0 Å². The molecule has 0 saturated heterocycles. The van der Waals surface area contributed by atoms with Crippen LogP contribution in [0.2, 0.25) is 0 Å². The summed E-state index contributed by atoms with van der Waals surface area (Å²) in [5.41, 5.74) is -0.207. The van der Waals surface area contributed by atoms with E-state index in [1.165, 1.54) is 47.1 Å². The van der Waals surface area contributed by atoms with Gasteiger partial charge in [0.05, 0.1) is 13.7 Å². The van der Waals surface area contributed by atoms with Gasteiger partial charge in [0.1, 0.15) is 23.8 Å². The molecule has 2 aliphatic rings. The van der Waals surface area contributed by atoms with Crippen LogP contribution in [-0.2, 0) is 9.47 Å². The normalized spacial score (nSPS) is 18.1. The van der Waals surface area contributed by atoms with Crippen molar-refractivity contribution in [3.05, 3.63) is 93.2 Å². The number of aromatic nitrogens is 1. The molecule has 10 nitrogen and oxygen atoms in total. The van der Waals surface area contributed by atoms with Crippen LogP contribution in [0.4, 0.5) is 18.0 Å². The van der Waals surface area contributed by atoms with Crippen LogP contribution in [0.25, 0.3) is 0 Å². The van der Waals surface area contributed by atoms with E-state index < -0.39 is 59.7 Å². The third kappa shape index (κ3) is 4.60. The number of pyridine rings is 1. The van der Waals surface area contributed by atoms with Crippen LogP contribution in [0.5, 0.6) is 11.5 Å². The van der Waals surface area contributed by atoms with Crippen LogP contribution in [-0.4, -0.2) is 55.4 Å². The molecule has 39 heavy (non-hydrogen) atoms. The molecule has 13 heteroatoms. The van der Waals surface area contributed by atoms with Crippen LogP contribution in [0.3, 0.4) is 0 Å². The van der Waals surface area contributed by atoms with E-state index in [4.69, 9.17) is 14.2 Å². The van der Waals surface area contributed by atoms with Gasteiger partial charge in [-0.3, -0.25) is 19.3 Å². The van der Waals surface area contributed by atoms with E-state index in [1.807, 2.05) is 0 Å². The number of nitrogens with zero attached hydrogens (tertiary/aromatic N) is 3. The summed E-state index contributed by atoms with van der Waals surface area (Å²) < 4.78 is 64.4. The fourth-order valence-corrected chi connectivity index (χ4v) is 4.75. The summed E-state index contributed by atoms with van der Waals surface area (Å²) in [5.74, 6) is -3.69. The Morgan fingerprint density at radius 2 is 1.79 bits per heavy atom. The first-order valence-electron chi connectivity index (χ1n) is 11.7. The highest BCUT2D eigenvalue weighted by atomic mass is 19.2. The van der Waals surface area contributed by atoms with Gasteiger partial charge < -0.3 is 23.8 Å². The first-order valence-corrected chi connectivity index (χ1v) is 11.7. The summed E-state index contributed by atoms with van der Waals surface area (Å²) in [6.45, 7) is -0.680. The lowest BCUT2D eigenvalue weighted by molar-refractivity contribution is 0.0131. The van der Waals surface area contributed by atoms with Crippen molar-refractivity contribution in [1.29, 1.82) is 0 Å². The summed E-state index contributed by atoms with van der Waals surface area (Å²) in [7, 11) is 2.60. The molecule has 3 aromatic rings. The smallest absolute Gasteiger partial charge is 0.493 e. The average molecular weight is 545 g/mol. The van der Waals surface area contributed by atoms with E-state index >= 15 is 0 Å². The summed E-state index contributed by atoms with van der Waals surface area (Å²) in [6.07, 6.45) is -0.189. The summed E-state index contributed by atoms with van der Waals surface area (Å²) in [4.78, 5) is 39.1. The Hall–Kier alpha value is -4.68. The second-order valence-corrected chi connectivity index (χ2v) is 8.73. The van der Waals surface area contributed by atoms with Gasteiger partial charge in [-0.05, 0) is 23.8 Å². The molecule has 1 aromatic heterocycles. The highest BCUT2D eigenvalue weighted by molar-refractivity contribution is 5.96. The number of benzene rings is 2. The number of rotatable bonds is 4. The van der Waals surface area contributed by atoms with E-state index in [-0.39, 0.29) is 30.0 Å². The van der Waals surface area contributed by atoms with Gasteiger partial charge in [-0.25, -0.2) is 18.0 Å². The molecule has 2 atom stereocenters. The number of hydrogen-bond acceptors (Lipinski definition) is 8. The monoisotopic (exact) mass is 545 g/mol. The maximum atomic E-state index is 14.6. The van der Waals surface area contributed by atoms with Gasteiger partial charge in [-0.15, -0.1) is 0 Å². The standard InChI is InChI=1S/C26H22F3N3O7/c1-30-21-8-10-37-20-12-18(29)17(28)11-16(20)22(14-3-5-15(27)6-4-14)32(21)31-9-7-19(33)24(23(31)25(30)34)38-13-39-26(35)36-2/h3-7,9,11-12,21-22H,8,10,13H2,1-2H3. The topological polar surface area (TPSA) is 99.5 Å². The first kappa shape index (κ1) is 25.9. The third-order valence-corrected chi connectivity index (χ3v) is 6.54. The largest absolute Gasteiger partial charge is 0.510 e. The Bertz CT molecular complexity index is 1500. The minimum atomic E-state index is -1.13. The number of methoxy groups -OCH3 is 1. The Morgan fingerprint density at radius 1 is 1.08 bits per heavy atom. The van der Waals surface area contributed by atoms with E-state index in [0.717, 1.165) is 25.3 Å². The van der Waals surface area contributed by atoms with Gasteiger partial charge in [0.25, 0.3) is 5.91 Å². The minimum Gasteiger partial charge on any atom is -0.493 e. The fourth-order valence-electron chi connectivity index (χ4n) is 4.75. The fraction of sp³-hybridized carbons (Fsp3) is 0.269. The molecule has 2 unspecified atom stereocenters. The number of carbonyl (C=O) groups is 2. The quantitative estimate of drug-likeness (QED) is 0.364. The number of ether oxygens (including phenoxy) is 4. The van der Waals surface area contributed by atoms with Crippen LogP contribution < -0.4 is 19.9 Å². The van der Waals surface area contributed by atoms with Gasteiger partial charge in [-0.2, -0.15) is 0 Å². The number of halogens is 3. The molecule has 0 aliphatic carbocycles. The van der Waals surface area contributed by atoms with Crippen molar-refractivity contribution in [3.8, 4) is 11.5 Å². The highest BCUT2D eigenvalue weighted by Gasteiger charge is 2.44. The molecule has 2 aliphatic heterocycles. The lowest BCUT2D eigenvalue weighted by atomic mass is 9.94. The molecule has 1 amide bonds. The van der Waals surface area contributed by atoms with Gasteiger partial charge in [-0.1, -0.05) is 12.1 Å². The van der Waals surface area contributed by atoms with Crippen molar-refractivity contribution >= 4 is 12.1 Å². The number of amides is 1. The lowest BCUT2D eigenvalue weighted by Gasteiger charge is -2.50. The molecule has 0 saturated carbocycles. The molecule has 0 N–H and O–H groups in total. The van der Waals surface area contributed by atoms with E-state index in [1.54, 1.807) is 5.01 Å². The second kappa shape index (κ2) is 10.2. The average Bonchev–Trinajstić information content (AvgIpc) is 2.91. The Balaban J connectivity index is 1.73. The van der Waals surface area contributed by atoms with E-state index in [9.17, 15) is 27.6 Å². The molecule has 3 heterocycles. The Labute approximate surface area is 219 Å². The zero-order chi connectivity index (χ0) is 27.8. The zero-order valence-electron chi connectivity index (χ0n) is 20.7. The SMILES string of the molecule is COC(=O)OCOc1c2n(ccc1=O)N1C(c3ccc(F)cc3)c3cc(F)c(F)cc3OCCC1N(C)C2=O. The van der Waals surface area contributed by atoms with Gasteiger partial charge in [0.15, 0.2) is 17.3 Å². The molecular weight excluding hydrogens is 523 g/mol.